The van der Waals surface area contributed by atoms with E-state index in [1.807, 2.05) is 0 Å². The number of fused-ring (bicyclic) bond motifs is 1. The quantitative estimate of drug-likeness (QED) is 0.684. The molecule has 0 aliphatic heterocycles. The molecule has 5 nitrogen and oxygen atoms in total. The second-order valence-corrected chi connectivity index (χ2v) is 2.81. The number of nitrogens with zero attached hydrogens (tertiary/aromatic N) is 3. The van der Waals surface area contributed by atoms with Gasteiger partial charge in [0.25, 0.3) is 0 Å². The van der Waals surface area contributed by atoms with Crippen LogP contribution < -0.4 is 0 Å². The Hall–Kier alpha value is -2.35. The first-order valence-corrected chi connectivity index (χ1v) is 4.27. The Kier molecular flexibility index (Phi) is 2.33. The number of rotatable bonds is 1. The van der Waals surface area contributed by atoms with E-state index in [0.29, 0.717) is 11.3 Å². The molecule has 0 bridgehead atoms. The van der Waals surface area contributed by atoms with Crippen molar-refractivity contribution in [2.45, 2.75) is 6.42 Å². The van der Waals surface area contributed by atoms with Crippen molar-refractivity contribution in [1.29, 1.82) is 0 Å². The molecule has 0 unspecified atom stereocenters. The minimum absolute atomic E-state index is 0.180. The van der Waals surface area contributed by atoms with E-state index in [2.05, 4.69) is 21.9 Å². The molecule has 2 aromatic heterocycles. The molecule has 0 aliphatic rings. The van der Waals surface area contributed by atoms with Crippen LogP contribution in [0.15, 0.2) is 24.5 Å². The van der Waals surface area contributed by atoms with Crippen LogP contribution in [0.4, 0.5) is 0 Å². The molecule has 0 saturated carbocycles. The second kappa shape index (κ2) is 3.80. The first-order valence-electron chi connectivity index (χ1n) is 4.27. The number of imidazole rings is 1. The lowest BCUT2D eigenvalue weighted by Crippen LogP contribution is -1.93. The zero-order chi connectivity index (χ0) is 10.7. The minimum atomic E-state index is -0.940. The van der Waals surface area contributed by atoms with E-state index in [1.54, 1.807) is 29.0 Å². The van der Waals surface area contributed by atoms with Gasteiger partial charge in [0, 0.05) is 6.20 Å². The summed E-state index contributed by atoms with van der Waals surface area (Å²) in [5, 5.41) is 12.5. The Balaban J connectivity index is 2.35. The minimum Gasteiger partial charge on any atom is -0.481 e. The zero-order valence-corrected chi connectivity index (χ0v) is 7.71. The van der Waals surface area contributed by atoms with Crippen LogP contribution in [0.25, 0.3) is 5.65 Å². The number of hydrogen-bond acceptors (Lipinski definition) is 3. The second-order valence-electron chi connectivity index (χ2n) is 2.81. The monoisotopic (exact) mass is 201 g/mol. The van der Waals surface area contributed by atoms with Gasteiger partial charge in [-0.05, 0) is 18.1 Å². The molecular formula is C10H7N3O2. The molecule has 2 rings (SSSR count). The van der Waals surface area contributed by atoms with Crippen LogP contribution in [0.2, 0.25) is 0 Å². The van der Waals surface area contributed by atoms with Crippen LogP contribution in [0.1, 0.15) is 12.1 Å². The summed E-state index contributed by atoms with van der Waals surface area (Å²) in [6.45, 7) is 0. The number of aromatic nitrogens is 3. The van der Waals surface area contributed by atoms with E-state index in [4.69, 9.17) is 5.11 Å². The highest BCUT2D eigenvalue weighted by Gasteiger charge is 1.99. The highest BCUT2D eigenvalue weighted by molar-refractivity contribution is 5.70. The van der Waals surface area contributed by atoms with Gasteiger partial charge in [-0.2, -0.15) is 5.10 Å². The first kappa shape index (κ1) is 9.21. The van der Waals surface area contributed by atoms with Crippen LogP contribution in [-0.4, -0.2) is 25.7 Å². The number of hydrogen-bond donors (Lipinski definition) is 1. The molecule has 2 heterocycles. The Morgan fingerprint density at radius 2 is 2.47 bits per heavy atom. The Morgan fingerprint density at radius 1 is 1.60 bits per heavy atom. The molecular weight excluding hydrogens is 194 g/mol. The molecule has 0 radical (unpaired) electrons. The van der Waals surface area contributed by atoms with Gasteiger partial charge in [-0.3, -0.25) is 4.79 Å². The van der Waals surface area contributed by atoms with Gasteiger partial charge in [0.05, 0.1) is 6.20 Å². The van der Waals surface area contributed by atoms with Gasteiger partial charge < -0.3 is 5.11 Å². The van der Waals surface area contributed by atoms with Crippen LogP contribution in [0.5, 0.6) is 0 Å². The summed E-state index contributed by atoms with van der Waals surface area (Å²) in [6, 6.07) is 3.58. The van der Waals surface area contributed by atoms with Crippen LogP contribution >= 0.6 is 0 Å². The molecule has 0 amide bonds. The van der Waals surface area contributed by atoms with Gasteiger partial charge in [-0.25, -0.2) is 9.50 Å². The maximum Gasteiger partial charge on any atom is 0.315 e. The van der Waals surface area contributed by atoms with Crippen molar-refractivity contribution in [1.82, 2.24) is 14.6 Å². The summed E-state index contributed by atoms with van der Waals surface area (Å²) in [4.78, 5) is 14.3. The molecule has 0 saturated heterocycles. The van der Waals surface area contributed by atoms with Crippen molar-refractivity contribution >= 4 is 11.6 Å². The third kappa shape index (κ3) is 1.94. The van der Waals surface area contributed by atoms with Crippen LogP contribution in [-0.2, 0) is 4.79 Å². The van der Waals surface area contributed by atoms with Crippen molar-refractivity contribution < 1.29 is 9.90 Å². The van der Waals surface area contributed by atoms with E-state index in [-0.39, 0.29) is 6.42 Å². The number of aliphatic carboxylic acids is 1. The third-order valence-corrected chi connectivity index (χ3v) is 1.73. The number of carboxylic acids is 1. The molecule has 2 aromatic rings. The molecule has 1 N–H and O–H groups in total. The van der Waals surface area contributed by atoms with Gasteiger partial charge in [-0.1, -0.05) is 5.92 Å². The summed E-state index contributed by atoms with van der Waals surface area (Å²) < 4.78 is 1.56. The molecule has 5 heteroatoms. The molecule has 74 valence electrons. The van der Waals surface area contributed by atoms with E-state index in [1.165, 1.54) is 0 Å². The highest BCUT2D eigenvalue weighted by atomic mass is 16.4. The van der Waals surface area contributed by atoms with E-state index in [0.717, 1.165) is 0 Å². The summed E-state index contributed by atoms with van der Waals surface area (Å²) in [5.74, 6) is 4.29. The van der Waals surface area contributed by atoms with Crippen LogP contribution in [0.3, 0.4) is 0 Å². The van der Waals surface area contributed by atoms with Gasteiger partial charge in [0.1, 0.15) is 12.1 Å². The molecule has 15 heavy (non-hydrogen) atoms. The highest BCUT2D eigenvalue weighted by Crippen LogP contribution is 2.01. The fourth-order valence-electron chi connectivity index (χ4n) is 1.12. The fourth-order valence-corrected chi connectivity index (χ4v) is 1.12. The molecule has 0 spiro atoms. The lowest BCUT2D eigenvalue weighted by atomic mass is 10.4. The summed E-state index contributed by atoms with van der Waals surface area (Å²) in [7, 11) is 0. The topological polar surface area (TPSA) is 67.5 Å². The third-order valence-electron chi connectivity index (χ3n) is 1.73. The summed E-state index contributed by atoms with van der Waals surface area (Å²) in [5.41, 5.74) is 1.28. The van der Waals surface area contributed by atoms with Gasteiger partial charge in [0.15, 0.2) is 5.65 Å². The average molecular weight is 201 g/mol. The zero-order valence-electron chi connectivity index (χ0n) is 7.71. The number of carboxylic acid groups (broad SMARTS) is 1. The average Bonchev–Trinajstić information content (AvgIpc) is 2.62. The maximum absolute atomic E-state index is 10.3. The Morgan fingerprint density at radius 3 is 3.27 bits per heavy atom. The van der Waals surface area contributed by atoms with Gasteiger partial charge in [0.2, 0.25) is 0 Å². The molecule has 0 aliphatic carbocycles. The fraction of sp³-hybridized carbons (Fsp3) is 0.100. The van der Waals surface area contributed by atoms with Crippen molar-refractivity contribution in [2.24, 2.45) is 0 Å². The van der Waals surface area contributed by atoms with Gasteiger partial charge >= 0.3 is 5.97 Å². The first-order chi connectivity index (χ1) is 7.27. The predicted molar refractivity (Wildman–Crippen MR) is 52.1 cm³/mol. The summed E-state index contributed by atoms with van der Waals surface area (Å²) >= 11 is 0. The maximum atomic E-state index is 10.3. The van der Waals surface area contributed by atoms with E-state index in [9.17, 15) is 4.79 Å². The van der Waals surface area contributed by atoms with Crippen molar-refractivity contribution in [3.63, 3.8) is 0 Å². The normalized spacial score (nSPS) is 9.60. The van der Waals surface area contributed by atoms with Crippen LogP contribution in [0, 0.1) is 11.8 Å². The molecule has 0 fully saturated rings. The molecule has 0 atom stereocenters. The smallest absolute Gasteiger partial charge is 0.315 e. The van der Waals surface area contributed by atoms with Crippen molar-refractivity contribution in [2.75, 3.05) is 0 Å². The van der Waals surface area contributed by atoms with E-state index < -0.39 is 5.97 Å². The Labute approximate surface area is 85.4 Å². The number of carbonyl (C=O) groups is 1. The SMILES string of the molecule is O=C(O)CC#Cc1cnc2cccnn12. The lowest BCUT2D eigenvalue weighted by molar-refractivity contribution is -0.135. The lowest BCUT2D eigenvalue weighted by Gasteiger charge is -1.90. The standard InChI is InChI=1S/C10H7N3O2/c14-10(15)5-1-3-8-7-11-9-4-2-6-12-13(8)9/h2,4,6-7H,5H2,(H,14,15). The van der Waals surface area contributed by atoms with Crippen molar-refractivity contribution in [3.8, 4) is 11.8 Å². The predicted octanol–water partition coefficient (Wildman–Crippen LogP) is 0.556. The van der Waals surface area contributed by atoms with E-state index >= 15 is 0 Å². The Bertz CT molecular complexity index is 563. The molecule has 0 aromatic carbocycles. The van der Waals surface area contributed by atoms with Crippen molar-refractivity contribution in [3.05, 3.63) is 30.2 Å². The summed E-state index contributed by atoms with van der Waals surface area (Å²) in [6.07, 6.45) is 3.01. The van der Waals surface area contributed by atoms with Gasteiger partial charge in [-0.15, -0.1) is 0 Å². The largest absolute Gasteiger partial charge is 0.481 e.